The van der Waals surface area contributed by atoms with E-state index in [1.807, 2.05) is 24.3 Å². The van der Waals surface area contributed by atoms with Gasteiger partial charge in [0.2, 0.25) is 5.92 Å². The van der Waals surface area contributed by atoms with Gasteiger partial charge in [0.25, 0.3) is 0 Å². The molecular formula is C15H16BrF2NO. The molecule has 1 atom stereocenters. The van der Waals surface area contributed by atoms with E-state index in [0.717, 1.165) is 11.1 Å². The predicted octanol–water partition coefficient (Wildman–Crippen LogP) is 4.96. The number of nitrogens with zero attached hydrogens (tertiary/aromatic N) is 1. The molecule has 5 heteroatoms. The lowest BCUT2D eigenvalue weighted by Crippen LogP contribution is -2.29. The first kappa shape index (κ1) is 14.0. The Hall–Kier alpha value is -0.970. The highest BCUT2D eigenvalue weighted by molar-refractivity contribution is 9.09. The number of aromatic nitrogens is 1. The van der Waals surface area contributed by atoms with Crippen LogP contribution in [0.2, 0.25) is 0 Å². The van der Waals surface area contributed by atoms with Crippen molar-refractivity contribution >= 4 is 27.0 Å². The Morgan fingerprint density at radius 2 is 2.00 bits per heavy atom. The van der Waals surface area contributed by atoms with E-state index in [-0.39, 0.29) is 23.6 Å². The fraction of sp³-hybridized carbons (Fsp3) is 0.533. The van der Waals surface area contributed by atoms with Crippen molar-refractivity contribution in [1.29, 1.82) is 0 Å². The molecule has 0 bridgehead atoms. The van der Waals surface area contributed by atoms with Gasteiger partial charge in [-0.25, -0.2) is 13.8 Å². The summed E-state index contributed by atoms with van der Waals surface area (Å²) in [7, 11) is 0. The fourth-order valence-corrected chi connectivity index (χ4v) is 3.57. The Morgan fingerprint density at radius 1 is 1.30 bits per heavy atom. The highest BCUT2D eigenvalue weighted by Gasteiger charge is 2.37. The first-order chi connectivity index (χ1) is 9.53. The third-order valence-corrected chi connectivity index (χ3v) is 5.05. The minimum atomic E-state index is -2.47. The van der Waals surface area contributed by atoms with Crippen LogP contribution < -0.4 is 0 Å². The fourth-order valence-electron chi connectivity index (χ4n) is 2.76. The third-order valence-electron chi connectivity index (χ3n) is 3.98. The minimum Gasteiger partial charge on any atom is -0.441 e. The lowest BCUT2D eigenvalue weighted by Gasteiger charge is -2.30. The maximum absolute atomic E-state index is 13.2. The molecule has 0 radical (unpaired) electrons. The van der Waals surface area contributed by atoms with Crippen molar-refractivity contribution in [1.82, 2.24) is 4.98 Å². The number of hydrogen-bond acceptors (Lipinski definition) is 2. The van der Waals surface area contributed by atoms with E-state index in [9.17, 15) is 8.78 Å². The summed E-state index contributed by atoms with van der Waals surface area (Å²) in [4.78, 5) is 4.58. The molecule has 20 heavy (non-hydrogen) atoms. The first-order valence-corrected chi connectivity index (χ1v) is 7.81. The summed E-state index contributed by atoms with van der Waals surface area (Å²) in [5.41, 5.74) is 1.62. The zero-order chi connectivity index (χ0) is 14.2. The van der Waals surface area contributed by atoms with E-state index in [1.54, 1.807) is 0 Å². The van der Waals surface area contributed by atoms with Gasteiger partial charge in [0, 0.05) is 24.1 Å². The number of fused-ring (bicyclic) bond motifs is 1. The van der Waals surface area contributed by atoms with E-state index in [2.05, 4.69) is 20.9 Å². The van der Waals surface area contributed by atoms with Gasteiger partial charge in [0.05, 0.1) is 0 Å². The van der Waals surface area contributed by atoms with Gasteiger partial charge in [0.1, 0.15) is 5.52 Å². The summed E-state index contributed by atoms with van der Waals surface area (Å²) in [5.74, 6) is -1.53. The Balaban J connectivity index is 1.65. The lowest BCUT2D eigenvalue weighted by atomic mass is 9.84. The number of para-hydroxylation sites is 2. The standard InChI is InChI=1S/C15H16BrF2NO/c16-11(10-5-7-15(17,18)8-6-10)9-14-19-12-3-1-2-4-13(12)20-14/h1-4,10-11H,5-9H2. The summed E-state index contributed by atoms with van der Waals surface area (Å²) < 4.78 is 32.0. The molecule has 1 saturated carbocycles. The molecule has 1 aromatic carbocycles. The van der Waals surface area contributed by atoms with Crippen molar-refractivity contribution in [2.75, 3.05) is 0 Å². The molecule has 2 nitrogen and oxygen atoms in total. The molecular weight excluding hydrogens is 328 g/mol. The second-order valence-corrected chi connectivity index (χ2v) is 6.66. The monoisotopic (exact) mass is 343 g/mol. The van der Waals surface area contributed by atoms with E-state index in [4.69, 9.17) is 4.42 Å². The molecule has 1 fully saturated rings. The van der Waals surface area contributed by atoms with Crippen LogP contribution in [0.5, 0.6) is 0 Å². The molecule has 0 aliphatic heterocycles. The highest BCUT2D eigenvalue weighted by Crippen LogP contribution is 2.39. The average Bonchev–Trinajstić information content (AvgIpc) is 2.80. The molecule has 1 aliphatic carbocycles. The van der Waals surface area contributed by atoms with Crippen molar-refractivity contribution in [3.05, 3.63) is 30.2 Å². The van der Waals surface area contributed by atoms with Crippen LogP contribution in [0.3, 0.4) is 0 Å². The van der Waals surface area contributed by atoms with E-state index < -0.39 is 5.92 Å². The number of benzene rings is 1. The molecule has 0 saturated heterocycles. The Morgan fingerprint density at radius 3 is 2.70 bits per heavy atom. The van der Waals surface area contributed by atoms with Gasteiger partial charge in [-0.3, -0.25) is 0 Å². The molecule has 1 aromatic heterocycles. The molecule has 0 spiro atoms. The Labute approximate surface area is 124 Å². The molecule has 0 N–H and O–H groups in total. The van der Waals surface area contributed by atoms with E-state index in [1.165, 1.54) is 0 Å². The second kappa shape index (κ2) is 5.43. The van der Waals surface area contributed by atoms with Crippen molar-refractivity contribution in [2.45, 2.75) is 42.9 Å². The summed E-state index contributed by atoms with van der Waals surface area (Å²) in [6.45, 7) is 0. The molecule has 3 rings (SSSR count). The summed E-state index contributed by atoms with van der Waals surface area (Å²) in [5, 5.41) is 0. The van der Waals surface area contributed by atoms with Crippen molar-refractivity contribution < 1.29 is 13.2 Å². The van der Waals surface area contributed by atoms with Crippen LogP contribution in [-0.4, -0.2) is 15.7 Å². The quantitative estimate of drug-likeness (QED) is 0.736. The number of oxazole rings is 1. The largest absolute Gasteiger partial charge is 0.441 e. The maximum atomic E-state index is 13.2. The molecule has 1 heterocycles. The van der Waals surface area contributed by atoms with Gasteiger partial charge in [0.15, 0.2) is 11.5 Å². The second-order valence-electron chi connectivity index (χ2n) is 5.49. The van der Waals surface area contributed by atoms with Gasteiger partial charge in [-0.1, -0.05) is 28.1 Å². The number of halogens is 3. The normalized spacial score (nSPS) is 21.1. The van der Waals surface area contributed by atoms with Gasteiger partial charge in [-0.2, -0.15) is 0 Å². The molecule has 1 unspecified atom stereocenters. The van der Waals surface area contributed by atoms with Gasteiger partial charge in [-0.05, 0) is 30.9 Å². The zero-order valence-corrected chi connectivity index (χ0v) is 12.6. The minimum absolute atomic E-state index is 0.00662. The molecule has 0 amide bonds. The van der Waals surface area contributed by atoms with Crippen LogP contribution in [0, 0.1) is 5.92 Å². The van der Waals surface area contributed by atoms with Crippen molar-refractivity contribution in [2.24, 2.45) is 5.92 Å². The predicted molar refractivity (Wildman–Crippen MR) is 77.3 cm³/mol. The van der Waals surface area contributed by atoms with E-state index >= 15 is 0 Å². The van der Waals surface area contributed by atoms with Crippen molar-refractivity contribution in [3.63, 3.8) is 0 Å². The highest BCUT2D eigenvalue weighted by atomic mass is 79.9. The van der Waals surface area contributed by atoms with Crippen LogP contribution in [-0.2, 0) is 6.42 Å². The topological polar surface area (TPSA) is 26.0 Å². The van der Waals surface area contributed by atoms with Crippen LogP contribution in [0.15, 0.2) is 28.7 Å². The van der Waals surface area contributed by atoms with Gasteiger partial charge >= 0.3 is 0 Å². The van der Waals surface area contributed by atoms with Crippen LogP contribution in [0.25, 0.3) is 11.1 Å². The van der Waals surface area contributed by atoms with E-state index in [0.29, 0.717) is 25.2 Å². The summed E-state index contributed by atoms with van der Waals surface area (Å²) in [6.07, 6.45) is 1.75. The SMILES string of the molecule is FC1(F)CCC(C(Br)Cc2nc3ccccc3o2)CC1. The van der Waals surface area contributed by atoms with Crippen molar-refractivity contribution in [3.8, 4) is 0 Å². The Bertz CT molecular complexity index is 555. The first-order valence-electron chi connectivity index (χ1n) is 6.90. The molecule has 2 aromatic rings. The number of alkyl halides is 3. The van der Waals surface area contributed by atoms with Gasteiger partial charge < -0.3 is 4.42 Å². The number of hydrogen-bond donors (Lipinski definition) is 0. The van der Waals surface area contributed by atoms with Gasteiger partial charge in [-0.15, -0.1) is 0 Å². The van der Waals surface area contributed by atoms with Crippen LogP contribution in [0.4, 0.5) is 8.78 Å². The van der Waals surface area contributed by atoms with Crippen LogP contribution in [0.1, 0.15) is 31.6 Å². The third kappa shape index (κ3) is 3.03. The number of rotatable bonds is 3. The summed E-state index contributed by atoms with van der Waals surface area (Å²) in [6, 6.07) is 7.62. The maximum Gasteiger partial charge on any atom is 0.248 e. The lowest BCUT2D eigenvalue weighted by molar-refractivity contribution is -0.0456. The average molecular weight is 344 g/mol. The summed E-state index contributed by atoms with van der Waals surface area (Å²) >= 11 is 3.63. The van der Waals surface area contributed by atoms with Crippen LogP contribution >= 0.6 is 15.9 Å². The zero-order valence-electron chi connectivity index (χ0n) is 11.0. The Kier molecular flexibility index (Phi) is 3.80. The molecule has 108 valence electrons. The smallest absolute Gasteiger partial charge is 0.248 e. The molecule has 1 aliphatic rings.